The van der Waals surface area contributed by atoms with Crippen molar-refractivity contribution < 1.29 is 9.53 Å². The molecule has 1 aliphatic rings. The smallest absolute Gasteiger partial charge is 0.226 e. The summed E-state index contributed by atoms with van der Waals surface area (Å²) in [6.45, 7) is 5.35. The largest absolute Gasteiger partial charge is 0.379 e. The van der Waals surface area contributed by atoms with Gasteiger partial charge < -0.3 is 10.1 Å². The van der Waals surface area contributed by atoms with Gasteiger partial charge in [-0.25, -0.2) is 4.98 Å². The summed E-state index contributed by atoms with van der Waals surface area (Å²) in [6, 6.07) is 0. The Labute approximate surface area is 128 Å². The Morgan fingerprint density at radius 3 is 3.00 bits per heavy atom. The molecule has 0 bridgehead atoms. The summed E-state index contributed by atoms with van der Waals surface area (Å²) in [7, 11) is 0. The molecule has 1 saturated heterocycles. The molecule has 0 saturated carbocycles. The summed E-state index contributed by atoms with van der Waals surface area (Å²) in [6.07, 6.45) is 1.32. The summed E-state index contributed by atoms with van der Waals surface area (Å²) in [4.78, 5) is 18.4. The molecule has 0 atom stereocenters. The highest BCUT2D eigenvalue weighted by Crippen LogP contribution is 2.11. The fraction of sp³-hybridized carbons (Fsp3) is 0.692. The fourth-order valence-corrected chi connectivity index (χ4v) is 3.07. The van der Waals surface area contributed by atoms with E-state index < -0.39 is 0 Å². The number of ether oxygens (including phenoxy) is 1. The van der Waals surface area contributed by atoms with Gasteiger partial charge in [0.25, 0.3) is 0 Å². The average molecular weight is 318 g/mol. The second-order valence-electron chi connectivity index (χ2n) is 4.70. The average Bonchev–Trinajstić information content (AvgIpc) is 2.92. The maximum atomic E-state index is 11.8. The van der Waals surface area contributed by atoms with Gasteiger partial charge in [0.1, 0.15) is 5.01 Å². The third-order valence-electron chi connectivity index (χ3n) is 3.12. The lowest BCUT2D eigenvalue weighted by molar-refractivity contribution is -0.120. The molecule has 2 rings (SSSR count). The van der Waals surface area contributed by atoms with Crippen molar-refractivity contribution >= 4 is 28.8 Å². The molecule has 0 aliphatic carbocycles. The Morgan fingerprint density at radius 2 is 2.30 bits per heavy atom. The van der Waals surface area contributed by atoms with E-state index in [2.05, 4.69) is 15.2 Å². The first-order chi connectivity index (χ1) is 9.78. The summed E-state index contributed by atoms with van der Waals surface area (Å²) in [5.41, 5.74) is 0.840. The number of alkyl halides is 1. The van der Waals surface area contributed by atoms with E-state index in [1.807, 2.05) is 5.38 Å². The number of morpholine rings is 1. The highest BCUT2D eigenvalue weighted by molar-refractivity contribution is 7.09. The third kappa shape index (κ3) is 5.36. The normalized spacial score (nSPS) is 16.2. The summed E-state index contributed by atoms with van der Waals surface area (Å²) in [5.74, 6) is 0.431. The van der Waals surface area contributed by atoms with Gasteiger partial charge in [-0.05, 0) is 13.0 Å². The quantitative estimate of drug-likeness (QED) is 0.608. The van der Waals surface area contributed by atoms with Crippen LogP contribution in [0.2, 0.25) is 0 Å². The summed E-state index contributed by atoms with van der Waals surface area (Å²) >= 11 is 7.17. The zero-order valence-corrected chi connectivity index (χ0v) is 13.0. The topological polar surface area (TPSA) is 54.5 Å². The number of carbonyl (C=O) groups is 1. The van der Waals surface area contributed by atoms with Crippen LogP contribution in [0.25, 0.3) is 0 Å². The van der Waals surface area contributed by atoms with Crippen molar-refractivity contribution in [2.24, 2.45) is 0 Å². The zero-order chi connectivity index (χ0) is 14.2. The Bertz CT molecular complexity index is 422. The number of hydrogen-bond acceptors (Lipinski definition) is 5. The van der Waals surface area contributed by atoms with Crippen molar-refractivity contribution in [3.8, 4) is 0 Å². The lowest BCUT2D eigenvalue weighted by Crippen LogP contribution is -2.38. The van der Waals surface area contributed by atoms with Crippen LogP contribution in [-0.2, 0) is 21.8 Å². The minimum absolute atomic E-state index is 0.0300. The molecule has 1 amide bonds. The van der Waals surface area contributed by atoms with Gasteiger partial charge in [-0.1, -0.05) is 0 Å². The Morgan fingerprint density at radius 1 is 1.50 bits per heavy atom. The molecule has 7 heteroatoms. The molecule has 5 nitrogen and oxygen atoms in total. The van der Waals surface area contributed by atoms with Gasteiger partial charge in [-0.3, -0.25) is 9.69 Å². The minimum Gasteiger partial charge on any atom is -0.379 e. The van der Waals surface area contributed by atoms with Crippen LogP contribution in [0.4, 0.5) is 0 Å². The first kappa shape index (κ1) is 15.7. The lowest BCUT2D eigenvalue weighted by Gasteiger charge is -2.26. The number of thiazole rings is 1. The van der Waals surface area contributed by atoms with Crippen LogP contribution in [0.5, 0.6) is 0 Å². The predicted molar refractivity (Wildman–Crippen MR) is 80.3 cm³/mol. The predicted octanol–water partition coefficient (Wildman–Crippen LogP) is 1.26. The number of hydrogen-bond donors (Lipinski definition) is 1. The van der Waals surface area contributed by atoms with Crippen molar-refractivity contribution in [2.75, 3.05) is 39.4 Å². The minimum atomic E-state index is 0.0300. The van der Waals surface area contributed by atoms with E-state index in [-0.39, 0.29) is 5.91 Å². The number of nitrogens with zero attached hydrogens (tertiary/aromatic N) is 2. The number of rotatable bonds is 7. The zero-order valence-electron chi connectivity index (χ0n) is 11.4. The van der Waals surface area contributed by atoms with Crippen LogP contribution in [-0.4, -0.2) is 55.2 Å². The molecule has 0 unspecified atom stereocenters. The molecule has 0 spiro atoms. The van der Waals surface area contributed by atoms with E-state index in [9.17, 15) is 4.79 Å². The highest BCUT2D eigenvalue weighted by atomic mass is 35.5. The Balaban J connectivity index is 1.57. The Kier molecular flexibility index (Phi) is 6.72. The van der Waals surface area contributed by atoms with E-state index in [1.165, 1.54) is 11.3 Å². The van der Waals surface area contributed by atoms with Crippen LogP contribution in [0, 0.1) is 0 Å². The molecule has 1 aromatic heterocycles. The van der Waals surface area contributed by atoms with E-state index >= 15 is 0 Å². The molecule has 1 aliphatic heterocycles. The number of aromatic nitrogens is 1. The number of amides is 1. The monoisotopic (exact) mass is 317 g/mol. The summed E-state index contributed by atoms with van der Waals surface area (Å²) in [5, 5.41) is 5.66. The van der Waals surface area contributed by atoms with Crippen LogP contribution in [0.3, 0.4) is 0 Å². The lowest BCUT2D eigenvalue weighted by atomic mass is 10.3. The molecule has 0 aromatic carbocycles. The maximum absolute atomic E-state index is 11.8. The Hall–Kier alpha value is -0.690. The van der Waals surface area contributed by atoms with Crippen LogP contribution in [0.15, 0.2) is 5.38 Å². The van der Waals surface area contributed by atoms with Crippen molar-refractivity contribution in [3.63, 3.8) is 0 Å². The van der Waals surface area contributed by atoms with E-state index in [4.69, 9.17) is 16.3 Å². The number of carbonyl (C=O) groups excluding carboxylic acids is 1. The standard InChI is InChI=1S/C13H20ClN3O2S/c14-9-11-10-20-13(16-11)8-12(18)15-2-1-3-17-4-6-19-7-5-17/h10H,1-9H2,(H,15,18). The van der Waals surface area contributed by atoms with Gasteiger partial charge in [0.15, 0.2) is 0 Å². The molecule has 1 fully saturated rings. The van der Waals surface area contributed by atoms with Gasteiger partial charge in [0, 0.05) is 25.0 Å². The molecule has 1 N–H and O–H groups in total. The van der Waals surface area contributed by atoms with Crippen molar-refractivity contribution in [1.29, 1.82) is 0 Å². The molecule has 112 valence electrons. The number of halogens is 1. The van der Waals surface area contributed by atoms with E-state index in [0.717, 1.165) is 50.0 Å². The van der Waals surface area contributed by atoms with Gasteiger partial charge in [-0.15, -0.1) is 22.9 Å². The fourth-order valence-electron chi connectivity index (χ4n) is 2.05. The highest BCUT2D eigenvalue weighted by Gasteiger charge is 2.10. The molecule has 2 heterocycles. The van der Waals surface area contributed by atoms with E-state index in [1.54, 1.807) is 0 Å². The molecule has 20 heavy (non-hydrogen) atoms. The molecular weight excluding hydrogens is 298 g/mol. The molecular formula is C13H20ClN3O2S. The van der Waals surface area contributed by atoms with Gasteiger partial charge >= 0.3 is 0 Å². The van der Waals surface area contributed by atoms with Crippen molar-refractivity contribution in [3.05, 3.63) is 16.1 Å². The van der Waals surface area contributed by atoms with Crippen LogP contribution >= 0.6 is 22.9 Å². The molecule has 1 aromatic rings. The summed E-state index contributed by atoms with van der Waals surface area (Å²) < 4.78 is 5.30. The van der Waals surface area contributed by atoms with Crippen molar-refractivity contribution in [2.45, 2.75) is 18.7 Å². The first-order valence-electron chi connectivity index (χ1n) is 6.84. The van der Waals surface area contributed by atoms with Gasteiger partial charge in [-0.2, -0.15) is 0 Å². The number of nitrogens with one attached hydrogen (secondary N) is 1. The van der Waals surface area contributed by atoms with Crippen LogP contribution in [0.1, 0.15) is 17.1 Å². The van der Waals surface area contributed by atoms with Gasteiger partial charge in [0.2, 0.25) is 5.91 Å². The second-order valence-corrected chi connectivity index (χ2v) is 5.91. The first-order valence-corrected chi connectivity index (χ1v) is 8.25. The van der Waals surface area contributed by atoms with Crippen LogP contribution < -0.4 is 5.32 Å². The van der Waals surface area contributed by atoms with Crippen molar-refractivity contribution in [1.82, 2.24) is 15.2 Å². The van der Waals surface area contributed by atoms with E-state index in [0.29, 0.717) is 18.8 Å². The van der Waals surface area contributed by atoms with Gasteiger partial charge in [0.05, 0.1) is 31.2 Å². The SMILES string of the molecule is O=C(Cc1nc(CCl)cs1)NCCCN1CCOCC1. The molecule has 0 radical (unpaired) electrons. The maximum Gasteiger partial charge on any atom is 0.226 e. The second kappa shape index (κ2) is 8.56. The third-order valence-corrected chi connectivity index (χ3v) is 4.30.